The van der Waals surface area contributed by atoms with Gasteiger partial charge in [-0.2, -0.15) is 0 Å². The molecule has 0 unspecified atom stereocenters. The monoisotopic (exact) mass is 187 g/mol. The number of cyclic esters (lactones) is 1. The average molecular weight is 188 g/mol. The van der Waals surface area contributed by atoms with E-state index in [1.807, 2.05) is 0 Å². The van der Waals surface area contributed by atoms with Crippen molar-refractivity contribution in [3.8, 4) is 0 Å². The number of nitrogens with zero attached hydrogens (tertiary/aromatic N) is 3. The van der Waals surface area contributed by atoms with Crippen molar-refractivity contribution >= 4 is 17.6 Å². The number of hydrogen-bond acceptors (Lipinski definition) is 4. The van der Waals surface area contributed by atoms with Gasteiger partial charge >= 0.3 is 5.97 Å². The normalized spacial score (nSPS) is 22.8. The Bertz CT molecular complexity index is 311. The molecule has 1 aromatic rings. The summed E-state index contributed by atoms with van der Waals surface area (Å²) >= 11 is 5.49. The molecule has 1 aliphatic heterocycles. The highest BCUT2D eigenvalue weighted by atomic mass is 35.5. The molecule has 0 spiro atoms. The van der Waals surface area contributed by atoms with Gasteiger partial charge in [-0.1, -0.05) is 0 Å². The maximum Gasteiger partial charge on any atom is 0.331 e. The van der Waals surface area contributed by atoms with E-state index in [2.05, 4.69) is 10.1 Å². The second kappa shape index (κ2) is 2.75. The molecule has 0 aromatic carbocycles. The summed E-state index contributed by atoms with van der Waals surface area (Å²) in [6.45, 7) is 0.445. The van der Waals surface area contributed by atoms with Crippen molar-refractivity contribution in [2.45, 2.75) is 12.5 Å². The Hall–Kier alpha value is -1.10. The largest absolute Gasteiger partial charge is 0.464 e. The number of esters is 1. The predicted octanol–water partition coefficient (Wildman–Crippen LogP) is 0.419. The van der Waals surface area contributed by atoms with Gasteiger partial charge in [0.05, 0.1) is 6.61 Å². The van der Waals surface area contributed by atoms with Crippen molar-refractivity contribution in [1.29, 1.82) is 0 Å². The van der Waals surface area contributed by atoms with Crippen molar-refractivity contribution in [3.05, 3.63) is 11.6 Å². The molecule has 1 saturated heterocycles. The van der Waals surface area contributed by atoms with Gasteiger partial charge in [-0.05, 0) is 11.6 Å². The number of carbonyl (C=O) groups excluding carboxylic acids is 1. The van der Waals surface area contributed by atoms with E-state index < -0.39 is 0 Å². The lowest BCUT2D eigenvalue weighted by Crippen LogP contribution is -2.14. The molecule has 1 atom stereocenters. The van der Waals surface area contributed by atoms with E-state index in [-0.39, 0.29) is 17.3 Å². The molecule has 64 valence electrons. The van der Waals surface area contributed by atoms with Crippen LogP contribution in [0, 0.1) is 0 Å². The van der Waals surface area contributed by atoms with Gasteiger partial charge in [0, 0.05) is 6.42 Å². The van der Waals surface area contributed by atoms with E-state index >= 15 is 0 Å². The lowest BCUT2D eigenvalue weighted by molar-refractivity contribution is -0.140. The first-order chi connectivity index (χ1) is 5.77. The van der Waals surface area contributed by atoms with Crippen LogP contribution in [0.3, 0.4) is 0 Å². The summed E-state index contributed by atoms with van der Waals surface area (Å²) in [4.78, 5) is 14.7. The molecule has 0 N–H and O–H groups in total. The topological polar surface area (TPSA) is 57.0 Å². The molecule has 0 bridgehead atoms. The van der Waals surface area contributed by atoms with Gasteiger partial charge in [0.15, 0.2) is 6.04 Å². The summed E-state index contributed by atoms with van der Waals surface area (Å²) in [6.07, 6.45) is 2.07. The second-order valence-electron chi connectivity index (χ2n) is 2.47. The van der Waals surface area contributed by atoms with Gasteiger partial charge in [0.1, 0.15) is 6.33 Å². The minimum Gasteiger partial charge on any atom is -0.464 e. The van der Waals surface area contributed by atoms with E-state index in [1.165, 1.54) is 11.0 Å². The van der Waals surface area contributed by atoms with Gasteiger partial charge in [0.2, 0.25) is 5.28 Å². The first kappa shape index (κ1) is 7.54. The third kappa shape index (κ3) is 1.16. The third-order valence-electron chi connectivity index (χ3n) is 1.71. The summed E-state index contributed by atoms with van der Waals surface area (Å²) in [6, 6.07) is -0.343. The zero-order chi connectivity index (χ0) is 8.55. The fraction of sp³-hybridized carbons (Fsp3) is 0.500. The van der Waals surface area contributed by atoms with Crippen molar-refractivity contribution in [2.24, 2.45) is 0 Å². The highest BCUT2D eigenvalue weighted by Crippen LogP contribution is 2.19. The molecule has 0 radical (unpaired) electrons. The van der Waals surface area contributed by atoms with Crippen LogP contribution in [0.2, 0.25) is 5.28 Å². The van der Waals surface area contributed by atoms with E-state index in [0.29, 0.717) is 13.0 Å². The standard InChI is InChI=1S/C6H6ClN3O2/c7-6-8-3-10(9-6)4-1-2-12-5(4)11/h3-4H,1-2H2/t4-/m1/s1. The van der Waals surface area contributed by atoms with Crippen LogP contribution in [0.5, 0.6) is 0 Å². The highest BCUT2D eigenvalue weighted by molar-refractivity contribution is 6.28. The molecule has 1 aromatic heterocycles. The first-order valence-electron chi connectivity index (χ1n) is 3.50. The number of carbonyl (C=O) groups is 1. The first-order valence-corrected chi connectivity index (χ1v) is 3.88. The Morgan fingerprint density at radius 1 is 1.75 bits per heavy atom. The van der Waals surface area contributed by atoms with Crippen LogP contribution in [0.4, 0.5) is 0 Å². The van der Waals surface area contributed by atoms with Crippen LogP contribution in [-0.2, 0) is 9.53 Å². The van der Waals surface area contributed by atoms with Gasteiger partial charge in [-0.3, -0.25) is 0 Å². The maximum atomic E-state index is 11.0. The lowest BCUT2D eigenvalue weighted by atomic mass is 10.3. The van der Waals surface area contributed by atoms with Crippen LogP contribution in [-0.4, -0.2) is 27.3 Å². The van der Waals surface area contributed by atoms with Gasteiger partial charge < -0.3 is 4.74 Å². The zero-order valence-electron chi connectivity index (χ0n) is 6.11. The van der Waals surface area contributed by atoms with E-state index in [1.54, 1.807) is 0 Å². The molecular weight excluding hydrogens is 182 g/mol. The minimum atomic E-state index is -0.343. The van der Waals surface area contributed by atoms with Crippen molar-refractivity contribution in [3.63, 3.8) is 0 Å². The van der Waals surface area contributed by atoms with Gasteiger partial charge in [-0.25, -0.2) is 14.5 Å². The maximum absolute atomic E-state index is 11.0. The summed E-state index contributed by atoms with van der Waals surface area (Å²) in [5.74, 6) is -0.267. The van der Waals surface area contributed by atoms with E-state index in [0.717, 1.165) is 0 Å². The molecule has 5 nitrogen and oxygen atoms in total. The quantitative estimate of drug-likeness (QED) is 0.598. The van der Waals surface area contributed by atoms with Crippen molar-refractivity contribution in [2.75, 3.05) is 6.61 Å². The Morgan fingerprint density at radius 3 is 3.08 bits per heavy atom. The van der Waals surface area contributed by atoms with E-state index in [9.17, 15) is 4.79 Å². The predicted molar refractivity (Wildman–Crippen MR) is 39.6 cm³/mol. The smallest absolute Gasteiger partial charge is 0.331 e. The molecule has 2 heterocycles. The Balaban J connectivity index is 2.24. The Kier molecular flexibility index (Phi) is 1.73. The van der Waals surface area contributed by atoms with Crippen LogP contribution in [0.15, 0.2) is 6.33 Å². The Morgan fingerprint density at radius 2 is 2.58 bits per heavy atom. The fourth-order valence-corrected chi connectivity index (χ4v) is 1.26. The summed E-state index contributed by atoms with van der Waals surface area (Å²) in [7, 11) is 0. The zero-order valence-corrected chi connectivity index (χ0v) is 6.86. The van der Waals surface area contributed by atoms with Crippen LogP contribution in [0.25, 0.3) is 0 Å². The summed E-state index contributed by atoms with van der Waals surface area (Å²) in [5.41, 5.74) is 0. The number of ether oxygens (including phenoxy) is 1. The van der Waals surface area contributed by atoms with Crippen LogP contribution in [0.1, 0.15) is 12.5 Å². The average Bonchev–Trinajstić information content (AvgIpc) is 2.58. The Labute approximate surface area is 73.3 Å². The molecule has 1 aliphatic rings. The molecule has 12 heavy (non-hydrogen) atoms. The number of halogens is 1. The summed E-state index contributed by atoms with van der Waals surface area (Å²) < 4.78 is 6.19. The molecule has 0 aliphatic carbocycles. The molecule has 0 saturated carbocycles. The van der Waals surface area contributed by atoms with Crippen LogP contribution < -0.4 is 0 Å². The van der Waals surface area contributed by atoms with Crippen LogP contribution >= 0.6 is 11.6 Å². The number of rotatable bonds is 1. The number of aromatic nitrogens is 3. The molecular formula is C6H6ClN3O2. The van der Waals surface area contributed by atoms with Gasteiger partial charge in [-0.15, -0.1) is 5.10 Å². The molecule has 6 heteroatoms. The molecule has 2 rings (SSSR count). The molecule has 1 fully saturated rings. The minimum absolute atomic E-state index is 0.148. The van der Waals surface area contributed by atoms with Crippen molar-refractivity contribution < 1.29 is 9.53 Å². The lowest BCUT2D eigenvalue weighted by Gasteiger charge is -2.02. The number of hydrogen-bond donors (Lipinski definition) is 0. The second-order valence-corrected chi connectivity index (χ2v) is 2.80. The fourth-order valence-electron chi connectivity index (χ4n) is 1.13. The summed E-state index contributed by atoms with van der Waals surface area (Å²) in [5, 5.41) is 3.96. The SMILES string of the molecule is O=C1OCC[C@H]1n1cnc(Cl)n1. The third-order valence-corrected chi connectivity index (χ3v) is 1.88. The van der Waals surface area contributed by atoms with Crippen molar-refractivity contribution in [1.82, 2.24) is 14.8 Å². The highest BCUT2D eigenvalue weighted by Gasteiger charge is 2.28. The van der Waals surface area contributed by atoms with E-state index in [4.69, 9.17) is 16.3 Å². The van der Waals surface area contributed by atoms with Gasteiger partial charge in [0.25, 0.3) is 0 Å². The molecule has 0 amide bonds.